The number of para-hydroxylation sites is 1. The molecular weight excluding hydrogens is 378 g/mol. The molecule has 2 aromatic rings. The predicted octanol–water partition coefficient (Wildman–Crippen LogP) is 4.45. The maximum absolute atomic E-state index is 13.0. The Hall–Kier alpha value is -3.02. The van der Waals surface area contributed by atoms with Crippen molar-refractivity contribution in [2.45, 2.75) is 32.7 Å². The molecule has 1 saturated heterocycles. The molecule has 2 N–H and O–H groups in total. The molecule has 1 aliphatic rings. The van der Waals surface area contributed by atoms with Crippen LogP contribution in [0.25, 0.3) is 0 Å². The summed E-state index contributed by atoms with van der Waals surface area (Å²) < 4.78 is 5.23. The summed E-state index contributed by atoms with van der Waals surface area (Å²) in [6, 6.07) is 16.9. The van der Waals surface area contributed by atoms with Gasteiger partial charge >= 0.3 is 6.03 Å². The molecule has 2 unspecified atom stereocenters. The van der Waals surface area contributed by atoms with Crippen LogP contribution in [0.3, 0.4) is 0 Å². The largest absolute Gasteiger partial charge is 0.497 e. The molecule has 2 atom stereocenters. The van der Waals surface area contributed by atoms with Crippen molar-refractivity contribution in [3.05, 3.63) is 60.2 Å². The monoisotopic (exact) mass is 409 g/mol. The minimum atomic E-state index is -0.209. The van der Waals surface area contributed by atoms with Gasteiger partial charge in [-0.3, -0.25) is 4.79 Å². The Bertz CT molecular complexity index is 837. The van der Waals surface area contributed by atoms with Gasteiger partial charge in [0.25, 0.3) is 0 Å². The summed E-state index contributed by atoms with van der Waals surface area (Å²) in [7, 11) is 1.64. The standard InChI is InChI=1S/C24H31N3O3/c1-17(2)22(18-11-13-21(30-3)14-12-18)26-23(28)19-8-7-15-27(16-19)24(29)25-20-9-5-4-6-10-20/h4-6,9-14,17,19,22H,7-8,15-16H2,1-3H3,(H,25,29)(H,26,28). The third-order valence-electron chi connectivity index (χ3n) is 5.54. The van der Waals surface area contributed by atoms with Gasteiger partial charge in [-0.15, -0.1) is 0 Å². The Morgan fingerprint density at radius 3 is 2.40 bits per heavy atom. The van der Waals surface area contributed by atoms with E-state index in [0.717, 1.165) is 29.8 Å². The van der Waals surface area contributed by atoms with Gasteiger partial charge in [-0.1, -0.05) is 44.2 Å². The molecule has 0 bridgehead atoms. The number of carbonyl (C=O) groups excluding carboxylic acids is 2. The number of rotatable bonds is 6. The second-order valence-electron chi connectivity index (χ2n) is 8.08. The molecule has 0 aliphatic carbocycles. The van der Waals surface area contributed by atoms with Gasteiger partial charge in [-0.05, 0) is 48.6 Å². The first-order chi connectivity index (χ1) is 14.5. The van der Waals surface area contributed by atoms with Crippen LogP contribution in [-0.4, -0.2) is 37.0 Å². The van der Waals surface area contributed by atoms with E-state index in [-0.39, 0.29) is 29.8 Å². The third kappa shape index (κ3) is 5.53. The maximum Gasteiger partial charge on any atom is 0.321 e. The Balaban J connectivity index is 1.62. The number of likely N-dealkylation sites (tertiary alicyclic amines) is 1. The molecule has 3 amide bonds. The Kier molecular flexibility index (Phi) is 7.33. The molecule has 0 aromatic heterocycles. The van der Waals surface area contributed by atoms with Crippen molar-refractivity contribution in [2.75, 3.05) is 25.5 Å². The van der Waals surface area contributed by atoms with Crippen molar-refractivity contribution < 1.29 is 14.3 Å². The van der Waals surface area contributed by atoms with Gasteiger partial charge in [0.1, 0.15) is 5.75 Å². The number of amides is 3. The van der Waals surface area contributed by atoms with E-state index in [9.17, 15) is 9.59 Å². The average Bonchev–Trinajstić information content (AvgIpc) is 2.78. The maximum atomic E-state index is 13.0. The van der Waals surface area contributed by atoms with Crippen LogP contribution in [0.2, 0.25) is 0 Å². The fourth-order valence-corrected chi connectivity index (χ4v) is 3.82. The van der Waals surface area contributed by atoms with E-state index in [1.54, 1.807) is 12.0 Å². The van der Waals surface area contributed by atoms with Gasteiger partial charge in [0.15, 0.2) is 0 Å². The Morgan fingerprint density at radius 2 is 1.77 bits per heavy atom. The highest BCUT2D eigenvalue weighted by atomic mass is 16.5. The number of piperidine rings is 1. The van der Waals surface area contributed by atoms with Crippen LogP contribution in [-0.2, 0) is 4.79 Å². The van der Waals surface area contributed by atoms with Crippen molar-refractivity contribution in [3.8, 4) is 5.75 Å². The number of anilines is 1. The average molecular weight is 410 g/mol. The van der Waals surface area contributed by atoms with Crippen LogP contribution in [0, 0.1) is 11.8 Å². The highest BCUT2D eigenvalue weighted by Crippen LogP contribution is 2.26. The minimum Gasteiger partial charge on any atom is -0.497 e. The molecule has 160 valence electrons. The van der Waals surface area contributed by atoms with Gasteiger partial charge in [0.2, 0.25) is 5.91 Å². The topological polar surface area (TPSA) is 70.7 Å². The molecule has 30 heavy (non-hydrogen) atoms. The zero-order chi connectivity index (χ0) is 21.5. The lowest BCUT2D eigenvalue weighted by atomic mass is 9.93. The molecule has 0 radical (unpaired) electrons. The smallest absolute Gasteiger partial charge is 0.321 e. The first kappa shape index (κ1) is 21.7. The van der Waals surface area contributed by atoms with Crippen LogP contribution in [0.15, 0.2) is 54.6 Å². The molecule has 0 saturated carbocycles. The number of hydrogen-bond acceptors (Lipinski definition) is 3. The van der Waals surface area contributed by atoms with E-state index in [1.165, 1.54) is 0 Å². The SMILES string of the molecule is COc1ccc(C(NC(=O)C2CCCN(C(=O)Nc3ccccc3)C2)C(C)C)cc1. The summed E-state index contributed by atoms with van der Waals surface area (Å²) in [6.07, 6.45) is 1.60. The minimum absolute atomic E-state index is 0.00160. The Labute approximate surface area is 178 Å². The van der Waals surface area contributed by atoms with Gasteiger partial charge < -0.3 is 20.3 Å². The predicted molar refractivity (Wildman–Crippen MR) is 118 cm³/mol. The lowest BCUT2D eigenvalue weighted by Crippen LogP contribution is -2.47. The number of benzene rings is 2. The van der Waals surface area contributed by atoms with Crippen molar-refractivity contribution in [1.82, 2.24) is 10.2 Å². The summed E-state index contributed by atoms with van der Waals surface area (Å²) in [4.78, 5) is 27.4. The number of methoxy groups -OCH3 is 1. The zero-order valence-corrected chi connectivity index (χ0v) is 17.9. The van der Waals surface area contributed by atoms with E-state index >= 15 is 0 Å². The number of ether oxygens (including phenoxy) is 1. The zero-order valence-electron chi connectivity index (χ0n) is 17.9. The highest BCUT2D eigenvalue weighted by molar-refractivity contribution is 5.90. The Morgan fingerprint density at radius 1 is 1.07 bits per heavy atom. The van der Waals surface area contributed by atoms with Gasteiger partial charge in [-0.25, -0.2) is 4.79 Å². The number of urea groups is 1. The van der Waals surface area contributed by atoms with E-state index in [1.807, 2.05) is 54.6 Å². The first-order valence-electron chi connectivity index (χ1n) is 10.5. The molecular formula is C24H31N3O3. The number of nitrogens with one attached hydrogen (secondary N) is 2. The third-order valence-corrected chi connectivity index (χ3v) is 5.54. The lowest BCUT2D eigenvalue weighted by Gasteiger charge is -2.33. The van der Waals surface area contributed by atoms with Gasteiger partial charge in [-0.2, -0.15) is 0 Å². The van der Waals surface area contributed by atoms with E-state index < -0.39 is 0 Å². The second-order valence-corrected chi connectivity index (χ2v) is 8.08. The molecule has 0 spiro atoms. The number of hydrogen-bond donors (Lipinski definition) is 2. The summed E-state index contributed by atoms with van der Waals surface area (Å²) in [6.45, 7) is 5.28. The quantitative estimate of drug-likeness (QED) is 0.740. The van der Waals surface area contributed by atoms with E-state index in [0.29, 0.717) is 13.1 Å². The van der Waals surface area contributed by atoms with Gasteiger partial charge in [0.05, 0.1) is 19.1 Å². The molecule has 2 aromatic carbocycles. The van der Waals surface area contributed by atoms with Crippen LogP contribution < -0.4 is 15.4 Å². The van der Waals surface area contributed by atoms with Crippen molar-refractivity contribution in [1.29, 1.82) is 0 Å². The van der Waals surface area contributed by atoms with E-state index in [4.69, 9.17) is 4.74 Å². The van der Waals surface area contributed by atoms with Crippen LogP contribution in [0.1, 0.15) is 38.3 Å². The highest BCUT2D eigenvalue weighted by Gasteiger charge is 2.30. The van der Waals surface area contributed by atoms with Gasteiger partial charge in [0, 0.05) is 18.8 Å². The summed E-state index contributed by atoms with van der Waals surface area (Å²) >= 11 is 0. The van der Waals surface area contributed by atoms with Crippen LogP contribution in [0.4, 0.5) is 10.5 Å². The first-order valence-corrected chi connectivity index (χ1v) is 10.5. The molecule has 3 rings (SSSR count). The number of nitrogens with zero attached hydrogens (tertiary/aromatic N) is 1. The molecule has 6 heteroatoms. The molecule has 1 aliphatic heterocycles. The summed E-state index contributed by atoms with van der Waals surface area (Å²) in [5.74, 6) is 0.824. The van der Waals surface area contributed by atoms with Crippen molar-refractivity contribution >= 4 is 17.6 Å². The van der Waals surface area contributed by atoms with Crippen LogP contribution in [0.5, 0.6) is 5.75 Å². The normalized spacial score (nSPS) is 17.3. The van der Waals surface area contributed by atoms with Crippen molar-refractivity contribution in [3.63, 3.8) is 0 Å². The summed E-state index contributed by atoms with van der Waals surface area (Å²) in [5, 5.41) is 6.12. The van der Waals surface area contributed by atoms with E-state index in [2.05, 4.69) is 24.5 Å². The van der Waals surface area contributed by atoms with Crippen molar-refractivity contribution in [2.24, 2.45) is 11.8 Å². The molecule has 1 heterocycles. The lowest BCUT2D eigenvalue weighted by molar-refractivity contribution is -0.127. The molecule has 1 fully saturated rings. The summed E-state index contributed by atoms with van der Waals surface area (Å²) in [5.41, 5.74) is 1.81. The van der Waals surface area contributed by atoms with Crippen LogP contribution >= 0.6 is 0 Å². The number of carbonyl (C=O) groups is 2. The fraction of sp³-hybridized carbons (Fsp3) is 0.417. The second kappa shape index (κ2) is 10.1. The fourth-order valence-electron chi connectivity index (χ4n) is 3.82. The molecule has 6 nitrogen and oxygen atoms in total.